The highest BCUT2D eigenvalue weighted by Gasteiger charge is 2.26. The van der Waals surface area contributed by atoms with Gasteiger partial charge in [-0.2, -0.15) is 0 Å². The van der Waals surface area contributed by atoms with Crippen molar-refractivity contribution < 1.29 is 4.79 Å². The summed E-state index contributed by atoms with van der Waals surface area (Å²) >= 11 is 1.51. The highest BCUT2D eigenvalue weighted by atomic mass is 32.1. The van der Waals surface area contributed by atoms with Crippen molar-refractivity contribution in [3.63, 3.8) is 0 Å². The number of piperidine rings is 1. The van der Waals surface area contributed by atoms with Crippen molar-refractivity contribution in [2.24, 2.45) is 0 Å². The van der Waals surface area contributed by atoms with E-state index < -0.39 is 0 Å². The monoisotopic (exact) mass is 301 g/mol. The predicted octanol–water partition coefficient (Wildman–Crippen LogP) is 2.88. The summed E-state index contributed by atoms with van der Waals surface area (Å²) in [5, 5.41) is 1.95. The molecule has 0 aliphatic carbocycles. The van der Waals surface area contributed by atoms with Crippen LogP contribution in [0.25, 0.3) is 0 Å². The van der Waals surface area contributed by atoms with E-state index in [1.54, 1.807) is 0 Å². The summed E-state index contributed by atoms with van der Waals surface area (Å²) in [5.74, 6) is 1.17. The van der Waals surface area contributed by atoms with Crippen molar-refractivity contribution in [2.45, 2.75) is 18.9 Å². The summed E-state index contributed by atoms with van der Waals surface area (Å²) in [6.45, 7) is 1.90. The Morgan fingerprint density at radius 2 is 2.10 bits per heavy atom. The molecule has 3 rings (SSSR count). The molecule has 5 heteroatoms. The highest BCUT2D eigenvalue weighted by Crippen LogP contribution is 2.22. The van der Waals surface area contributed by atoms with E-state index in [9.17, 15) is 4.79 Å². The summed E-state index contributed by atoms with van der Waals surface area (Å²) in [6.07, 6.45) is 3.81. The maximum atomic E-state index is 12.4. The molecule has 0 N–H and O–H groups in total. The maximum absolute atomic E-state index is 12.4. The van der Waals surface area contributed by atoms with Gasteiger partial charge < -0.3 is 9.80 Å². The van der Waals surface area contributed by atoms with Gasteiger partial charge in [0, 0.05) is 32.4 Å². The first-order valence-electron chi connectivity index (χ1n) is 7.22. The Morgan fingerprint density at radius 1 is 1.29 bits per heavy atom. The molecule has 1 saturated heterocycles. The van der Waals surface area contributed by atoms with Crippen LogP contribution in [0.4, 0.5) is 5.82 Å². The second-order valence-electron chi connectivity index (χ2n) is 5.30. The minimum atomic E-state index is 0.140. The Hall–Kier alpha value is -1.88. The molecule has 0 bridgehead atoms. The van der Waals surface area contributed by atoms with E-state index in [0.717, 1.165) is 36.6 Å². The summed E-state index contributed by atoms with van der Waals surface area (Å²) in [4.78, 5) is 21.8. The number of hydrogen-bond donors (Lipinski definition) is 0. The molecule has 2 aromatic rings. The third-order valence-corrected chi connectivity index (χ3v) is 4.90. The second kappa shape index (κ2) is 6.26. The van der Waals surface area contributed by atoms with Crippen molar-refractivity contribution in [3.8, 4) is 0 Å². The Labute approximate surface area is 129 Å². The Bertz CT molecular complexity index is 577. The minimum Gasteiger partial charge on any atom is -0.356 e. The third kappa shape index (κ3) is 3.08. The van der Waals surface area contributed by atoms with Crippen molar-refractivity contribution in [1.29, 1.82) is 0 Å². The van der Waals surface area contributed by atoms with E-state index in [4.69, 9.17) is 0 Å². The lowest BCUT2D eigenvalue weighted by molar-refractivity contribution is 0.0714. The van der Waals surface area contributed by atoms with Crippen LogP contribution in [-0.2, 0) is 0 Å². The molecule has 110 valence electrons. The van der Waals surface area contributed by atoms with Crippen LogP contribution in [0.15, 0.2) is 41.9 Å². The summed E-state index contributed by atoms with van der Waals surface area (Å²) in [5.41, 5.74) is 0. The molecule has 0 saturated carbocycles. The molecule has 0 atom stereocenters. The van der Waals surface area contributed by atoms with Gasteiger partial charge in [-0.1, -0.05) is 12.1 Å². The van der Waals surface area contributed by atoms with Crippen LogP contribution < -0.4 is 4.90 Å². The first-order valence-corrected chi connectivity index (χ1v) is 8.10. The predicted molar refractivity (Wildman–Crippen MR) is 85.9 cm³/mol. The Morgan fingerprint density at radius 3 is 2.71 bits per heavy atom. The van der Waals surface area contributed by atoms with Crippen molar-refractivity contribution in [2.75, 3.05) is 25.0 Å². The van der Waals surface area contributed by atoms with Crippen LogP contribution in [0.5, 0.6) is 0 Å². The number of carbonyl (C=O) groups excluding carboxylic acids is 1. The van der Waals surface area contributed by atoms with Crippen LogP contribution >= 0.6 is 11.3 Å². The Kier molecular flexibility index (Phi) is 4.20. The highest BCUT2D eigenvalue weighted by molar-refractivity contribution is 7.12. The van der Waals surface area contributed by atoms with Gasteiger partial charge in [-0.05, 0) is 36.4 Å². The molecule has 0 aromatic carbocycles. The number of amides is 1. The minimum absolute atomic E-state index is 0.140. The molecule has 2 aromatic heterocycles. The third-order valence-electron chi connectivity index (χ3n) is 4.04. The van der Waals surface area contributed by atoms with Gasteiger partial charge in [0.25, 0.3) is 5.91 Å². The van der Waals surface area contributed by atoms with E-state index in [1.165, 1.54) is 11.3 Å². The van der Waals surface area contributed by atoms with Gasteiger partial charge in [-0.15, -0.1) is 11.3 Å². The van der Waals surface area contributed by atoms with E-state index >= 15 is 0 Å². The number of nitrogens with zero attached hydrogens (tertiary/aromatic N) is 3. The van der Waals surface area contributed by atoms with E-state index in [1.807, 2.05) is 53.9 Å². The fourth-order valence-corrected chi connectivity index (χ4v) is 3.47. The number of anilines is 1. The topological polar surface area (TPSA) is 36.4 Å². The van der Waals surface area contributed by atoms with Crippen molar-refractivity contribution >= 4 is 23.1 Å². The number of rotatable bonds is 3. The van der Waals surface area contributed by atoms with Gasteiger partial charge in [0.1, 0.15) is 5.82 Å². The van der Waals surface area contributed by atoms with Crippen molar-refractivity contribution in [1.82, 2.24) is 9.88 Å². The molecular weight excluding hydrogens is 282 g/mol. The van der Waals surface area contributed by atoms with E-state index in [-0.39, 0.29) is 5.91 Å². The Balaban J connectivity index is 1.59. The zero-order chi connectivity index (χ0) is 14.7. The SMILES string of the molecule is CN(C(=O)c1cccs1)C1CCN(c2ccccn2)CC1. The summed E-state index contributed by atoms with van der Waals surface area (Å²) < 4.78 is 0. The number of carbonyl (C=O) groups is 1. The molecule has 3 heterocycles. The van der Waals surface area contributed by atoms with Gasteiger partial charge in [-0.3, -0.25) is 4.79 Å². The number of thiophene rings is 1. The quantitative estimate of drug-likeness (QED) is 0.874. The molecule has 1 fully saturated rings. The standard InChI is InChI=1S/C16H19N3OS/c1-18(16(20)14-5-4-12-21-14)13-7-10-19(11-8-13)15-6-2-3-9-17-15/h2-6,9,12-13H,7-8,10-11H2,1H3. The molecule has 0 unspecified atom stereocenters. The normalized spacial score (nSPS) is 16.0. The first kappa shape index (κ1) is 14.1. The molecule has 4 nitrogen and oxygen atoms in total. The first-order chi connectivity index (χ1) is 10.3. The van der Waals surface area contributed by atoms with Crippen LogP contribution in [0.1, 0.15) is 22.5 Å². The number of pyridine rings is 1. The lowest BCUT2D eigenvalue weighted by Crippen LogP contribution is -2.45. The molecule has 21 heavy (non-hydrogen) atoms. The molecule has 0 radical (unpaired) electrons. The van der Waals surface area contributed by atoms with Gasteiger partial charge in [0.15, 0.2) is 0 Å². The lowest BCUT2D eigenvalue weighted by Gasteiger charge is -2.37. The number of aromatic nitrogens is 1. The van der Waals surface area contributed by atoms with Gasteiger partial charge in [-0.25, -0.2) is 4.98 Å². The van der Waals surface area contributed by atoms with Crippen LogP contribution in [0.3, 0.4) is 0 Å². The number of hydrogen-bond acceptors (Lipinski definition) is 4. The second-order valence-corrected chi connectivity index (χ2v) is 6.25. The van der Waals surface area contributed by atoms with Crippen LogP contribution in [0.2, 0.25) is 0 Å². The molecule has 1 aliphatic heterocycles. The van der Waals surface area contributed by atoms with Gasteiger partial charge in [0.2, 0.25) is 0 Å². The van der Waals surface area contributed by atoms with Gasteiger partial charge in [0.05, 0.1) is 4.88 Å². The molecule has 1 amide bonds. The summed E-state index contributed by atoms with van der Waals surface area (Å²) in [6, 6.07) is 10.1. The largest absolute Gasteiger partial charge is 0.356 e. The average molecular weight is 301 g/mol. The average Bonchev–Trinajstić information content (AvgIpc) is 3.09. The zero-order valence-corrected chi connectivity index (χ0v) is 12.9. The fourth-order valence-electron chi connectivity index (χ4n) is 2.76. The van der Waals surface area contributed by atoms with Crippen molar-refractivity contribution in [3.05, 3.63) is 46.8 Å². The summed E-state index contributed by atoms with van der Waals surface area (Å²) in [7, 11) is 1.92. The van der Waals surface area contributed by atoms with Crippen LogP contribution in [-0.4, -0.2) is 42.0 Å². The lowest BCUT2D eigenvalue weighted by atomic mass is 10.0. The zero-order valence-electron chi connectivity index (χ0n) is 12.1. The molecule has 0 spiro atoms. The van der Waals surface area contributed by atoms with Gasteiger partial charge >= 0.3 is 0 Å². The fraction of sp³-hybridized carbons (Fsp3) is 0.375. The smallest absolute Gasteiger partial charge is 0.263 e. The molecule has 1 aliphatic rings. The van der Waals surface area contributed by atoms with E-state index in [0.29, 0.717) is 6.04 Å². The van der Waals surface area contributed by atoms with E-state index in [2.05, 4.69) is 9.88 Å². The molecular formula is C16H19N3OS. The maximum Gasteiger partial charge on any atom is 0.263 e. The van der Waals surface area contributed by atoms with Crippen LogP contribution in [0, 0.1) is 0 Å².